The van der Waals surface area contributed by atoms with Crippen LogP contribution in [-0.4, -0.2) is 11.7 Å². The van der Waals surface area contributed by atoms with Crippen LogP contribution in [0.4, 0.5) is 0 Å². The van der Waals surface area contributed by atoms with Crippen molar-refractivity contribution in [1.82, 2.24) is 5.32 Å². The molecule has 2 rings (SSSR count). The molecule has 2 N–H and O–H groups in total. The Kier molecular flexibility index (Phi) is 3.64. The van der Waals surface area contributed by atoms with Crippen LogP contribution in [0, 0.1) is 11.3 Å². The van der Waals surface area contributed by atoms with Gasteiger partial charge in [-0.05, 0) is 41.9 Å². The van der Waals surface area contributed by atoms with Crippen LogP contribution in [0.1, 0.15) is 32.3 Å². The lowest BCUT2D eigenvalue weighted by molar-refractivity contribution is 0.338. The molecule has 17 heavy (non-hydrogen) atoms. The molecule has 0 radical (unpaired) electrons. The van der Waals surface area contributed by atoms with Gasteiger partial charge in [0.25, 0.3) is 0 Å². The van der Waals surface area contributed by atoms with Gasteiger partial charge in [0.05, 0.1) is 5.02 Å². The van der Waals surface area contributed by atoms with E-state index in [9.17, 15) is 5.11 Å². The Morgan fingerprint density at radius 2 is 2.12 bits per heavy atom. The van der Waals surface area contributed by atoms with Gasteiger partial charge in [-0.3, -0.25) is 0 Å². The molecule has 3 heteroatoms. The van der Waals surface area contributed by atoms with E-state index in [2.05, 4.69) is 19.2 Å². The molecule has 1 saturated carbocycles. The molecule has 0 atom stereocenters. The van der Waals surface area contributed by atoms with E-state index >= 15 is 0 Å². The van der Waals surface area contributed by atoms with Crippen molar-refractivity contribution in [2.75, 3.05) is 6.54 Å². The minimum absolute atomic E-state index is 0.149. The smallest absolute Gasteiger partial charge is 0.134 e. The summed E-state index contributed by atoms with van der Waals surface area (Å²) in [7, 11) is 0. The number of hydrogen-bond donors (Lipinski definition) is 2. The van der Waals surface area contributed by atoms with E-state index in [0.717, 1.165) is 24.6 Å². The first-order chi connectivity index (χ1) is 8.03. The van der Waals surface area contributed by atoms with Crippen LogP contribution in [-0.2, 0) is 6.54 Å². The van der Waals surface area contributed by atoms with Gasteiger partial charge in [-0.2, -0.15) is 0 Å². The minimum Gasteiger partial charge on any atom is -0.506 e. The third kappa shape index (κ3) is 2.93. The number of phenolic OH excluding ortho intramolecular Hbond substituents is 1. The topological polar surface area (TPSA) is 32.3 Å². The van der Waals surface area contributed by atoms with Gasteiger partial charge in [-0.15, -0.1) is 0 Å². The van der Waals surface area contributed by atoms with Crippen molar-refractivity contribution >= 4 is 11.6 Å². The maximum atomic E-state index is 9.33. The zero-order valence-electron chi connectivity index (χ0n) is 10.5. The second-order valence-corrected chi connectivity index (χ2v) is 5.81. The summed E-state index contributed by atoms with van der Waals surface area (Å²) in [6.45, 7) is 6.48. The molecule has 1 aliphatic carbocycles. The fourth-order valence-corrected chi connectivity index (χ4v) is 2.44. The first-order valence-corrected chi connectivity index (χ1v) is 6.59. The Hall–Kier alpha value is -0.730. The van der Waals surface area contributed by atoms with E-state index < -0.39 is 0 Å². The van der Waals surface area contributed by atoms with Crippen molar-refractivity contribution in [3.63, 3.8) is 0 Å². The Labute approximate surface area is 108 Å². The molecular formula is C14H20ClNO. The third-order valence-electron chi connectivity index (χ3n) is 3.94. The number of rotatable bonds is 5. The SMILES string of the molecule is CC(C)C1(CNCc2ccc(O)c(Cl)c2)CC1. The van der Waals surface area contributed by atoms with Gasteiger partial charge in [-0.25, -0.2) is 0 Å². The van der Waals surface area contributed by atoms with E-state index in [1.807, 2.05) is 12.1 Å². The molecule has 0 aromatic heterocycles. The summed E-state index contributed by atoms with van der Waals surface area (Å²) in [6, 6.07) is 5.37. The van der Waals surface area contributed by atoms with Gasteiger partial charge in [0.2, 0.25) is 0 Å². The van der Waals surface area contributed by atoms with Crippen LogP contribution < -0.4 is 5.32 Å². The highest BCUT2D eigenvalue weighted by Crippen LogP contribution is 2.51. The molecule has 0 amide bonds. The van der Waals surface area contributed by atoms with Gasteiger partial charge in [0.1, 0.15) is 5.75 Å². The Balaban J connectivity index is 1.84. The van der Waals surface area contributed by atoms with Crippen molar-refractivity contribution in [3.05, 3.63) is 28.8 Å². The van der Waals surface area contributed by atoms with Crippen molar-refractivity contribution in [2.24, 2.45) is 11.3 Å². The predicted molar refractivity (Wildman–Crippen MR) is 71.3 cm³/mol. The van der Waals surface area contributed by atoms with Crippen LogP contribution in [0.3, 0.4) is 0 Å². The average molecular weight is 254 g/mol. The molecule has 0 saturated heterocycles. The quantitative estimate of drug-likeness (QED) is 0.841. The van der Waals surface area contributed by atoms with Crippen molar-refractivity contribution in [1.29, 1.82) is 0 Å². The van der Waals surface area contributed by atoms with Crippen LogP contribution in [0.2, 0.25) is 5.02 Å². The maximum Gasteiger partial charge on any atom is 0.134 e. The summed E-state index contributed by atoms with van der Waals surface area (Å²) in [5.41, 5.74) is 1.65. The normalized spacial score (nSPS) is 17.4. The average Bonchev–Trinajstić information content (AvgIpc) is 3.04. The van der Waals surface area contributed by atoms with Crippen LogP contribution in [0.15, 0.2) is 18.2 Å². The molecule has 0 bridgehead atoms. The van der Waals surface area contributed by atoms with Gasteiger partial charge in [0.15, 0.2) is 0 Å². The summed E-state index contributed by atoms with van der Waals surface area (Å²) >= 11 is 5.87. The maximum absolute atomic E-state index is 9.33. The fraction of sp³-hybridized carbons (Fsp3) is 0.571. The van der Waals surface area contributed by atoms with E-state index in [-0.39, 0.29) is 5.75 Å². The number of halogens is 1. The molecule has 0 unspecified atom stereocenters. The second kappa shape index (κ2) is 4.87. The van der Waals surface area contributed by atoms with Gasteiger partial charge in [-0.1, -0.05) is 31.5 Å². The summed E-state index contributed by atoms with van der Waals surface area (Å²) in [6.07, 6.45) is 2.68. The molecule has 0 spiro atoms. The van der Waals surface area contributed by atoms with E-state index in [1.54, 1.807) is 6.07 Å². The fourth-order valence-electron chi connectivity index (χ4n) is 2.23. The highest BCUT2D eigenvalue weighted by atomic mass is 35.5. The minimum atomic E-state index is 0.149. The number of hydrogen-bond acceptors (Lipinski definition) is 2. The molecule has 1 fully saturated rings. The largest absolute Gasteiger partial charge is 0.506 e. The number of nitrogens with one attached hydrogen (secondary N) is 1. The summed E-state index contributed by atoms with van der Waals surface area (Å²) in [4.78, 5) is 0. The number of phenols is 1. The zero-order valence-corrected chi connectivity index (χ0v) is 11.2. The van der Waals surface area contributed by atoms with Gasteiger partial charge in [0, 0.05) is 13.1 Å². The molecule has 94 valence electrons. The lowest BCUT2D eigenvalue weighted by Gasteiger charge is -2.20. The molecule has 1 aromatic rings. The highest BCUT2D eigenvalue weighted by molar-refractivity contribution is 6.32. The van der Waals surface area contributed by atoms with Crippen molar-refractivity contribution < 1.29 is 5.11 Å². The Morgan fingerprint density at radius 3 is 2.65 bits per heavy atom. The summed E-state index contributed by atoms with van der Waals surface area (Å²) in [5, 5.41) is 13.2. The monoisotopic (exact) mass is 253 g/mol. The summed E-state index contributed by atoms with van der Waals surface area (Å²) < 4.78 is 0. The molecular weight excluding hydrogens is 234 g/mol. The number of benzene rings is 1. The third-order valence-corrected chi connectivity index (χ3v) is 4.24. The van der Waals surface area contributed by atoms with Crippen LogP contribution in [0.5, 0.6) is 5.75 Å². The summed E-state index contributed by atoms with van der Waals surface area (Å²) in [5.74, 6) is 0.898. The molecule has 0 aliphatic heterocycles. The molecule has 1 aliphatic rings. The van der Waals surface area contributed by atoms with Crippen molar-refractivity contribution in [3.8, 4) is 5.75 Å². The van der Waals surface area contributed by atoms with Gasteiger partial charge >= 0.3 is 0 Å². The Bertz CT molecular complexity index is 399. The first-order valence-electron chi connectivity index (χ1n) is 6.22. The first kappa shape index (κ1) is 12.7. The van der Waals surface area contributed by atoms with Crippen LogP contribution in [0.25, 0.3) is 0 Å². The predicted octanol–water partition coefficient (Wildman–Crippen LogP) is 3.57. The van der Waals surface area contributed by atoms with Crippen molar-refractivity contribution in [2.45, 2.75) is 33.2 Å². The number of aromatic hydroxyl groups is 1. The van der Waals surface area contributed by atoms with E-state index in [0.29, 0.717) is 10.4 Å². The standard InChI is InChI=1S/C14H20ClNO/c1-10(2)14(5-6-14)9-16-8-11-3-4-13(17)12(15)7-11/h3-4,7,10,16-17H,5-6,8-9H2,1-2H3. The lowest BCUT2D eigenvalue weighted by atomic mass is 9.92. The van der Waals surface area contributed by atoms with Gasteiger partial charge < -0.3 is 10.4 Å². The second-order valence-electron chi connectivity index (χ2n) is 5.41. The van der Waals surface area contributed by atoms with E-state index in [1.165, 1.54) is 12.8 Å². The zero-order chi connectivity index (χ0) is 12.5. The molecule has 0 heterocycles. The highest BCUT2D eigenvalue weighted by Gasteiger charge is 2.44. The van der Waals surface area contributed by atoms with Crippen LogP contribution >= 0.6 is 11.6 Å². The van der Waals surface area contributed by atoms with E-state index in [4.69, 9.17) is 11.6 Å². The Morgan fingerprint density at radius 1 is 1.41 bits per heavy atom. The molecule has 1 aromatic carbocycles. The molecule has 2 nitrogen and oxygen atoms in total. The lowest BCUT2D eigenvalue weighted by Crippen LogP contribution is -2.27.